The summed E-state index contributed by atoms with van der Waals surface area (Å²) >= 11 is 0. The average molecular weight is 490 g/mol. The average Bonchev–Trinajstić information content (AvgIpc) is 3.30. The van der Waals surface area contributed by atoms with Gasteiger partial charge in [0.2, 0.25) is 5.75 Å². The molecule has 9 heteroatoms. The van der Waals surface area contributed by atoms with Crippen LogP contribution < -0.4 is 5.56 Å². The number of hydrogen-bond acceptors (Lipinski definition) is 4. The van der Waals surface area contributed by atoms with E-state index in [1.165, 1.54) is 27.7 Å². The van der Waals surface area contributed by atoms with Crippen molar-refractivity contribution in [2.24, 2.45) is 0 Å². The zero-order chi connectivity index (χ0) is 25.0. The summed E-state index contributed by atoms with van der Waals surface area (Å²) in [6.07, 6.45) is 4.07. The Bertz CT molecular complexity index is 1210. The second kappa shape index (κ2) is 8.68. The fraction of sp³-hybridized carbons (Fsp3) is 0.577. The molecular weight excluding hydrogens is 459 g/mol. The first-order valence-corrected chi connectivity index (χ1v) is 12.4. The van der Waals surface area contributed by atoms with Gasteiger partial charge in [0.15, 0.2) is 5.69 Å². The summed E-state index contributed by atoms with van der Waals surface area (Å²) in [6.45, 7) is 0.786. The van der Waals surface area contributed by atoms with E-state index >= 15 is 0 Å². The molecule has 1 amide bonds. The molecule has 5 rings (SSSR count). The van der Waals surface area contributed by atoms with Crippen molar-refractivity contribution in [1.82, 2.24) is 14.5 Å². The van der Waals surface area contributed by atoms with Gasteiger partial charge in [-0.25, -0.2) is 0 Å². The number of aromatic hydroxyl groups is 1. The number of carbonyl (C=O) groups excluding carboxylic acids is 1. The lowest BCUT2D eigenvalue weighted by molar-refractivity contribution is -0.172. The van der Waals surface area contributed by atoms with Gasteiger partial charge in [-0.2, -0.15) is 18.2 Å². The smallest absolute Gasteiger partial charge is 0.408 e. The fourth-order valence-electron chi connectivity index (χ4n) is 6.35. The number of hydrogen-bond donors (Lipinski definition) is 1. The predicted molar refractivity (Wildman–Crippen MR) is 124 cm³/mol. The van der Waals surface area contributed by atoms with Crippen LogP contribution in [-0.2, 0) is 31.2 Å². The van der Waals surface area contributed by atoms with Gasteiger partial charge in [0.1, 0.15) is 11.9 Å². The monoisotopic (exact) mass is 489 g/mol. The Morgan fingerprint density at radius 1 is 1.09 bits per heavy atom. The minimum atomic E-state index is -4.61. The third-order valence-corrected chi connectivity index (χ3v) is 8.23. The molecule has 2 aliphatic carbocycles. The summed E-state index contributed by atoms with van der Waals surface area (Å²) in [5.41, 5.74) is 2.42. The van der Waals surface area contributed by atoms with Crippen LogP contribution in [0.25, 0.3) is 0 Å². The molecule has 2 aromatic rings. The minimum absolute atomic E-state index is 0.0423. The van der Waals surface area contributed by atoms with Gasteiger partial charge in [-0.3, -0.25) is 9.59 Å². The second-order valence-electron chi connectivity index (χ2n) is 10.2. The first kappa shape index (κ1) is 23.9. The molecule has 1 aromatic carbocycles. The molecule has 1 atom stereocenters. The molecule has 0 radical (unpaired) electrons. The zero-order valence-electron chi connectivity index (χ0n) is 19.8. The lowest BCUT2D eigenvalue weighted by atomic mass is 9.71. The minimum Gasteiger partial charge on any atom is -0.501 e. The van der Waals surface area contributed by atoms with Gasteiger partial charge in [0.05, 0.1) is 0 Å². The first-order chi connectivity index (χ1) is 16.6. The van der Waals surface area contributed by atoms with Crippen LogP contribution in [0.3, 0.4) is 0 Å². The molecule has 0 saturated heterocycles. The number of aromatic nitrogens is 2. The Labute approximate surface area is 201 Å². The highest BCUT2D eigenvalue weighted by Gasteiger charge is 2.46. The van der Waals surface area contributed by atoms with Crippen LogP contribution in [0.2, 0.25) is 0 Å². The Hall–Kier alpha value is -2.84. The molecular formula is C26H30F3N3O3. The van der Waals surface area contributed by atoms with Crippen molar-refractivity contribution in [3.8, 4) is 5.75 Å². The highest BCUT2D eigenvalue weighted by Crippen LogP contribution is 2.46. The van der Waals surface area contributed by atoms with Crippen molar-refractivity contribution in [1.29, 1.82) is 0 Å². The summed E-state index contributed by atoms with van der Waals surface area (Å²) in [4.78, 5) is 30.5. The quantitative estimate of drug-likeness (QED) is 0.696. The maximum absolute atomic E-state index is 13.4. The van der Waals surface area contributed by atoms with E-state index in [4.69, 9.17) is 0 Å². The van der Waals surface area contributed by atoms with Crippen LogP contribution in [0.15, 0.2) is 23.0 Å². The van der Waals surface area contributed by atoms with E-state index in [0.717, 1.165) is 51.9 Å². The summed E-state index contributed by atoms with van der Waals surface area (Å²) in [6, 6.07) is 4.42. The van der Waals surface area contributed by atoms with Crippen molar-refractivity contribution >= 4 is 5.91 Å². The lowest BCUT2D eigenvalue weighted by Gasteiger charge is -2.38. The highest BCUT2D eigenvalue weighted by molar-refractivity contribution is 5.96. The van der Waals surface area contributed by atoms with Gasteiger partial charge < -0.3 is 14.6 Å². The maximum Gasteiger partial charge on any atom is 0.408 e. The molecule has 0 unspecified atom stereocenters. The molecule has 0 bridgehead atoms. The predicted octanol–water partition coefficient (Wildman–Crippen LogP) is 4.29. The van der Waals surface area contributed by atoms with Gasteiger partial charge >= 0.3 is 11.7 Å². The van der Waals surface area contributed by atoms with E-state index in [-0.39, 0.29) is 24.2 Å². The van der Waals surface area contributed by atoms with Crippen molar-refractivity contribution in [2.75, 3.05) is 6.54 Å². The fourth-order valence-corrected chi connectivity index (χ4v) is 6.35. The van der Waals surface area contributed by atoms with Gasteiger partial charge in [-0.15, -0.1) is 0 Å². The maximum atomic E-state index is 13.4. The molecule has 6 nitrogen and oxygen atoms in total. The Morgan fingerprint density at radius 2 is 1.80 bits per heavy atom. The number of amides is 1. The number of alkyl halides is 3. The molecule has 1 fully saturated rings. The van der Waals surface area contributed by atoms with Crippen LogP contribution in [-0.4, -0.2) is 44.2 Å². The first-order valence-electron chi connectivity index (χ1n) is 12.4. The summed E-state index contributed by atoms with van der Waals surface area (Å²) in [5.74, 6) is -1.50. The molecule has 188 valence electrons. The van der Waals surface area contributed by atoms with Gasteiger partial charge in [-0.1, -0.05) is 31.0 Å². The van der Waals surface area contributed by atoms with Crippen LogP contribution in [0.5, 0.6) is 5.75 Å². The standard InChI is InChI=1S/C26H30F3N3O3/c1-16(26(27,28)29)31-13-14-32-20(30-23(34)22(33)21(32)24(31)35)15-25(11-4-5-12-25)19-10-6-8-17-7-2-3-9-18(17)19/h6,8,10,16,33H,2-5,7,9,11-15H2,1H3/t16-/m0/s1. The molecule has 35 heavy (non-hydrogen) atoms. The molecule has 1 aromatic heterocycles. The zero-order valence-corrected chi connectivity index (χ0v) is 19.8. The largest absolute Gasteiger partial charge is 0.501 e. The van der Waals surface area contributed by atoms with E-state index in [9.17, 15) is 27.9 Å². The van der Waals surface area contributed by atoms with E-state index in [1.807, 2.05) is 0 Å². The molecule has 1 saturated carbocycles. The number of aryl methyl sites for hydroxylation is 1. The number of nitrogens with zero attached hydrogens (tertiary/aromatic N) is 3. The normalized spacial score (nSPS) is 20.5. The van der Waals surface area contributed by atoms with Crippen molar-refractivity contribution in [3.63, 3.8) is 0 Å². The Balaban J connectivity index is 1.58. The topological polar surface area (TPSA) is 75.4 Å². The van der Waals surface area contributed by atoms with E-state index in [1.54, 1.807) is 0 Å². The molecule has 1 aliphatic heterocycles. The van der Waals surface area contributed by atoms with Gasteiger partial charge in [-0.05, 0) is 62.1 Å². The van der Waals surface area contributed by atoms with Crippen LogP contribution in [0, 0.1) is 0 Å². The van der Waals surface area contributed by atoms with E-state index in [2.05, 4.69) is 23.2 Å². The molecule has 2 heterocycles. The highest BCUT2D eigenvalue weighted by atomic mass is 19.4. The number of rotatable bonds is 4. The van der Waals surface area contributed by atoms with Crippen LogP contribution in [0.1, 0.15) is 78.5 Å². The van der Waals surface area contributed by atoms with Crippen molar-refractivity contribution < 1.29 is 23.1 Å². The number of fused-ring (bicyclic) bond motifs is 2. The summed E-state index contributed by atoms with van der Waals surface area (Å²) in [5, 5.41) is 10.4. The number of benzene rings is 1. The Kier molecular flexibility index (Phi) is 5.92. The SMILES string of the molecule is C[C@H](N1CCn2c(CC3(c4cccc5c4CCCC5)CCCC3)nc(=O)c(O)c2C1=O)C(F)(F)F. The second-order valence-corrected chi connectivity index (χ2v) is 10.2. The van der Waals surface area contributed by atoms with Gasteiger partial charge in [0, 0.05) is 24.9 Å². The summed E-state index contributed by atoms with van der Waals surface area (Å²) < 4.78 is 41.5. The van der Waals surface area contributed by atoms with Gasteiger partial charge in [0.25, 0.3) is 5.91 Å². The lowest BCUT2D eigenvalue weighted by Crippen LogP contribution is -2.52. The van der Waals surface area contributed by atoms with E-state index < -0.39 is 29.4 Å². The van der Waals surface area contributed by atoms with Crippen LogP contribution in [0.4, 0.5) is 13.2 Å². The summed E-state index contributed by atoms with van der Waals surface area (Å²) in [7, 11) is 0. The van der Waals surface area contributed by atoms with Crippen molar-refractivity contribution in [3.05, 3.63) is 56.8 Å². The molecule has 0 spiro atoms. The van der Waals surface area contributed by atoms with Crippen LogP contribution >= 0.6 is 0 Å². The van der Waals surface area contributed by atoms with E-state index in [0.29, 0.717) is 17.1 Å². The Morgan fingerprint density at radius 3 is 2.51 bits per heavy atom. The molecule has 3 aliphatic rings. The third kappa shape index (κ3) is 4.02. The molecule has 1 N–H and O–H groups in total. The number of halogens is 3. The van der Waals surface area contributed by atoms with Crippen molar-refractivity contribution in [2.45, 2.75) is 88.9 Å². The third-order valence-electron chi connectivity index (χ3n) is 8.23. The number of carbonyl (C=O) groups is 1.